The number of likely N-dealkylation sites (N-methyl/N-ethyl adjacent to an activating group) is 1. The monoisotopic (exact) mass is 249 g/mol. The lowest BCUT2D eigenvalue weighted by molar-refractivity contribution is 0.264. The molecule has 18 heavy (non-hydrogen) atoms. The summed E-state index contributed by atoms with van der Waals surface area (Å²) in [5, 5.41) is 8.76. The van der Waals surface area contributed by atoms with Gasteiger partial charge < -0.3 is 10.0 Å². The zero-order valence-electron chi connectivity index (χ0n) is 12.3. The van der Waals surface area contributed by atoms with Crippen LogP contribution in [0.2, 0.25) is 0 Å². The summed E-state index contributed by atoms with van der Waals surface area (Å²) in [5.41, 5.74) is 5.64. The summed E-state index contributed by atoms with van der Waals surface area (Å²) in [7, 11) is 2.16. The van der Waals surface area contributed by atoms with Crippen molar-refractivity contribution in [1.29, 1.82) is 0 Å². The number of hydrogen-bond acceptors (Lipinski definition) is 2. The van der Waals surface area contributed by atoms with Crippen LogP contribution in [-0.4, -0.2) is 36.8 Å². The van der Waals surface area contributed by atoms with Gasteiger partial charge in [0, 0.05) is 13.2 Å². The first kappa shape index (κ1) is 15.2. The third-order valence-electron chi connectivity index (χ3n) is 3.66. The first-order valence-corrected chi connectivity index (χ1v) is 6.90. The second kappa shape index (κ2) is 7.55. The minimum atomic E-state index is 0.310. The molecule has 0 fully saturated rings. The molecule has 0 aromatic heterocycles. The van der Waals surface area contributed by atoms with Crippen LogP contribution in [0.4, 0.5) is 0 Å². The van der Waals surface area contributed by atoms with Crippen molar-refractivity contribution in [3.05, 3.63) is 34.4 Å². The number of nitrogens with zero attached hydrogens (tertiary/aromatic N) is 1. The van der Waals surface area contributed by atoms with Gasteiger partial charge in [-0.25, -0.2) is 0 Å². The summed E-state index contributed by atoms with van der Waals surface area (Å²) in [6.07, 6.45) is 3.11. The molecule has 1 aromatic rings. The van der Waals surface area contributed by atoms with Gasteiger partial charge in [-0.3, -0.25) is 0 Å². The van der Waals surface area contributed by atoms with Gasteiger partial charge >= 0.3 is 0 Å². The standard InChI is InChI=1S/C16H27NO/c1-13-11-15(3)16(12-14(13)2)7-9-17(4)8-5-6-10-18/h11-12,18H,5-10H2,1-4H3. The molecular weight excluding hydrogens is 222 g/mol. The Bertz CT molecular complexity index is 374. The summed E-state index contributed by atoms with van der Waals surface area (Å²) in [5.74, 6) is 0. The first-order valence-electron chi connectivity index (χ1n) is 6.90. The number of aliphatic hydroxyl groups excluding tert-OH is 1. The van der Waals surface area contributed by atoms with Gasteiger partial charge in [0.1, 0.15) is 0 Å². The lowest BCUT2D eigenvalue weighted by atomic mass is 9.99. The van der Waals surface area contributed by atoms with Crippen LogP contribution >= 0.6 is 0 Å². The summed E-state index contributed by atoms with van der Waals surface area (Å²) < 4.78 is 0. The molecule has 2 nitrogen and oxygen atoms in total. The van der Waals surface area contributed by atoms with Crippen molar-refractivity contribution in [2.75, 3.05) is 26.7 Å². The smallest absolute Gasteiger partial charge is 0.0431 e. The predicted octanol–water partition coefficient (Wildman–Crippen LogP) is 2.86. The maximum absolute atomic E-state index is 8.76. The number of aliphatic hydroxyl groups is 1. The number of rotatable bonds is 7. The van der Waals surface area contributed by atoms with E-state index in [1.165, 1.54) is 22.3 Å². The highest BCUT2D eigenvalue weighted by Gasteiger charge is 2.04. The fraction of sp³-hybridized carbons (Fsp3) is 0.625. The number of benzene rings is 1. The average molecular weight is 249 g/mol. The van der Waals surface area contributed by atoms with Crippen LogP contribution in [0.5, 0.6) is 0 Å². The summed E-state index contributed by atoms with van der Waals surface area (Å²) >= 11 is 0. The molecule has 1 rings (SSSR count). The summed E-state index contributed by atoms with van der Waals surface area (Å²) in [4.78, 5) is 2.35. The highest BCUT2D eigenvalue weighted by molar-refractivity contribution is 5.36. The van der Waals surface area contributed by atoms with Crippen LogP contribution in [0, 0.1) is 20.8 Å². The molecular formula is C16H27NO. The van der Waals surface area contributed by atoms with E-state index in [1.807, 2.05) is 0 Å². The van der Waals surface area contributed by atoms with E-state index < -0.39 is 0 Å². The Balaban J connectivity index is 2.45. The summed E-state index contributed by atoms with van der Waals surface area (Å²) in [6.45, 7) is 9.03. The Morgan fingerprint density at radius 3 is 2.28 bits per heavy atom. The molecule has 0 amide bonds. The van der Waals surface area contributed by atoms with E-state index in [1.54, 1.807) is 0 Å². The maximum Gasteiger partial charge on any atom is 0.0431 e. The molecule has 0 unspecified atom stereocenters. The molecule has 0 spiro atoms. The van der Waals surface area contributed by atoms with E-state index in [0.29, 0.717) is 6.61 Å². The average Bonchev–Trinajstić information content (AvgIpc) is 2.32. The molecule has 0 radical (unpaired) electrons. The molecule has 2 heteroatoms. The Kier molecular flexibility index (Phi) is 6.37. The molecule has 0 saturated carbocycles. The molecule has 0 aliphatic carbocycles. The van der Waals surface area contributed by atoms with Gasteiger partial charge in [-0.1, -0.05) is 12.1 Å². The molecule has 0 bridgehead atoms. The molecule has 0 saturated heterocycles. The molecule has 0 heterocycles. The van der Waals surface area contributed by atoms with Gasteiger partial charge in [0.15, 0.2) is 0 Å². The van der Waals surface area contributed by atoms with Gasteiger partial charge in [0.05, 0.1) is 0 Å². The molecule has 0 aliphatic heterocycles. The highest BCUT2D eigenvalue weighted by Crippen LogP contribution is 2.16. The van der Waals surface area contributed by atoms with Crippen LogP contribution in [0.1, 0.15) is 35.1 Å². The second-order valence-electron chi connectivity index (χ2n) is 5.35. The van der Waals surface area contributed by atoms with Crippen molar-refractivity contribution in [3.63, 3.8) is 0 Å². The van der Waals surface area contributed by atoms with E-state index in [9.17, 15) is 0 Å². The normalized spacial score (nSPS) is 11.2. The lowest BCUT2D eigenvalue weighted by Crippen LogP contribution is -2.22. The maximum atomic E-state index is 8.76. The zero-order valence-corrected chi connectivity index (χ0v) is 12.3. The van der Waals surface area contributed by atoms with Crippen LogP contribution < -0.4 is 0 Å². The Hall–Kier alpha value is -0.860. The van der Waals surface area contributed by atoms with E-state index in [-0.39, 0.29) is 0 Å². The van der Waals surface area contributed by atoms with Gasteiger partial charge in [-0.15, -0.1) is 0 Å². The van der Waals surface area contributed by atoms with E-state index >= 15 is 0 Å². The molecule has 102 valence electrons. The van der Waals surface area contributed by atoms with Crippen molar-refractivity contribution in [1.82, 2.24) is 4.90 Å². The number of unbranched alkanes of at least 4 members (excludes halogenated alkanes) is 1. The van der Waals surface area contributed by atoms with Crippen LogP contribution in [0.25, 0.3) is 0 Å². The number of hydrogen-bond donors (Lipinski definition) is 1. The third kappa shape index (κ3) is 4.79. The van der Waals surface area contributed by atoms with Crippen molar-refractivity contribution in [2.24, 2.45) is 0 Å². The van der Waals surface area contributed by atoms with Gasteiger partial charge in [-0.2, -0.15) is 0 Å². The fourth-order valence-corrected chi connectivity index (χ4v) is 2.21. The van der Waals surface area contributed by atoms with Crippen molar-refractivity contribution in [3.8, 4) is 0 Å². The Morgan fingerprint density at radius 1 is 0.944 bits per heavy atom. The van der Waals surface area contributed by atoms with E-state index in [0.717, 1.165) is 32.4 Å². The molecule has 1 N–H and O–H groups in total. The number of aryl methyl sites for hydroxylation is 3. The Labute approximate surface area is 112 Å². The fourth-order valence-electron chi connectivity index (χ4n) is 2.21. The molecule has 0 atom stereocenters. The third-order valence-corrected chi connectivity index (χ3v) is 3.66. The van der Waals surface area contributed by atoms with Crippen molar-refractivity contribution < 1.29 is 5.11 Å². The van der Waals surface area contributed by atoms with Crippen LogP contribution in [0.3, 0.4) is 0 Å². The SMILES string of the molecule is Cc1cc(C)c(CCN(C)CCCCO)cc1C. The zero-order chi connectivity index (χ0) is 13.5. The quantitative estimate of drug-likeness (QED) is 0.751. The predicted molar refractivity (Wildman–Crippen MR) is 78.2 cm³/mol. The van der Waals surface area contributed by atoms with E-state index in [2.05, 4.69) is 44.9 Å². The van der Waals surface area contributed by atoms with E-state index in [4.69, 9.17) is 5.11 Å². The van der Waals surface area contributed by atoms with Crippen molar-refractivity contribution >= 4 is 0 Å². The van der Waals surface area contributed by atoms with Gasteiger partial charge in [0.2, 0.25) is 0 Å². The van der Waals surface area contributed by atoms with Crippen LogP contribution in [0.15, 0.2) is 12.1 Å². The largest absolute Gasteiger partial charge is 0.396 e. The highest BCUT2D eigenvalue weighted by atomic mass is 16.2. The lowest BCUT2D eigenvalue weighted by Gasteiger charge is -2.17. The minimum absolute atomic E-state index is 0.310. The molecule has 1 aromatic carbocycles. The van der Waals surface area contributed by atoms with Crippen LogP contribution in [-0.2, 0) is 6.42 Å². The second-order valence-corrected chi connectivity index (χ2v) is 5.35. The minimum Gasteiger partial charge on any atom is -0.396 e. The van der Waals surface area contributed by atoms with Crippen molar-refractivity contribution in [2.45, 2.75) is 40.0 Å². The molecule has 0 aliphatic rings. The van der Waals surface area contributed by atoms with Gasteiger partial charge in [0.25, 0.3) is 0 Å². The first-order chi connectivity index (χ1) is 8.54. The Morgan fingerprint density at radius 2 is 1.61 bits per heavy atom. The van der Waals surface area contributed by atoms with Gasteiger partial charge in [-0.05, 0) is 75.9 Å². The summed E-state index contributed by atoms with van der Waals surface area (Å²) in [6, 6.07) is 4.61. The topological polar surface area (TPSA) is 23.5 Å².